The smallest absolute Gasteiger partial charge is 0.0135 e. The Balaban J connectivity index is 0. The molecule has 0 atom stereocenters. The summed E-state index contributed by atoms with van der Waals surface area (Å²) in [5.74, 6) is 0. The van der Waals surface area contributed by atoms with Crippen LogP contribution in [0.3, 0.4) is 0 Å². The fourth-order valence-electron chi connectivity index (χ4n) is 0.575. The van der Waals surface area contributed by atoms with E-state index in [1.165, 1.54) is 0 Å². The molecule has 0 aliphatic carbocycles. The molecule has 0 fully saturated rings. The van der Waals surface area contributed by atoms with Crippen molar-refractivity contribution in [3.63, 3.8) is 0 Å². The van der Waals surface area contributed by atoms with Crippen molar-refractivity contribution in [3.8, 4) is 0 Å². The minimum Gasteiger partial charge on any atom is -0.310 e. The molecular weight excluding hydrogens is 172 g/mol. The van der Waals surface area contributed by atoms with Gasteiger partial charge in [-0.25, -0.2) is 0 Å². The Morgan fingerprint density at radius 3 is 0.929 bits per heavy atom. The lowest BCUT2D eigenvalue weighted by molar-refractivity contribution is 0.845. The molecule has 0 rings (SSSR count). The van der Waals surface area contributed by atoms with Gasteiger partial charge in [-0.2, -0.15) is 0 Å². The van der Waals surface area contributed by atoms with Gasteiger partial charge < -0.3 is 10.6 Å². The van der Waals surface area contributed by atoms with Crippen LogP contribution in [-0.2, 0) is 0 Å². The Morgan fingerprint density at radius 2 is 0.786 bits per heavy atom. The van der Waals surface area contributed by atoms with E-state index in [1.54, 1.807) is 0 Å². The molecule has 0 aromatic heterocycles. The summed E-state index contributed by atoms with van der Waals surface area (Å²) in [7, 11) is 0. The monoisotopic (exact) mass is 194 g/mol. The van der Waals surface area contributed by atoms with Gasteiger partial charge in [-0.15, -0.1) is 26.3 Å². The van der Waals surface area contributed by atoms with Crippen LogP contribution in [0.4, 0.5) is 0 Å². The number of rotatable bonds is 8. The number of nitrogens with one attached hydrogen (secondary N) is 2. The molecule has 0 aromatic carbocycles. The van der Waals surface area contributed by atoms with Gasteiger partial charge >= 0.3 is 0 Å². The second-order valence-corrected chi connectivity index (χ2v) is 2.47. The van der Waals surface area contributed by atoms with Crippen LogP contribution in [0.5, 0.6) is 0 Å². The van der Waals surface area contributed by atoms with Crippen LogP contribution in [0.1, 0.15) is 0 Å². The maximum atomic E-state index is 3.54. The summed E-state index contributed by atoms with van der Waals surface area (Å²) in [5, 5.41) is 6.10. The van der Waals surface area contributed by atoms with E-state index in [-0.39, 0.29) is 0 Å². The van der Waals surface area contributed by atoms with Crippen molar-refractivity contribution in [3.05, 3.63) is 50.6 Å². The van der Waals surface area contributed by atoms with Crippen molar-refractivity contribution < 1.29 is 0 Å². The number of hydrogen-bond donors (Lipinski definition) is 2. The Bertz CT molecular complexity index is 116. The molecular formula is C12H22N2. The first-order valence-corrected chi connectivity index (χ1v) is 4.68. The van der Waals surface area contributed by atoms with Gasteiger partial charge in [0.2, 0.25) is 0 Å². The summed E-state index contributed by atoms with van der Waals surface area (Å²) < 4.78 is 0. The highest BCUT2D eigenvalue weighted by molar-refractivity contribution is 4.75. The third-order valence-corrected chi connectivity index (χ3v) is 1.15. The molecule has 2 nitrogen and oxygen atoms in total. The van der Waals surface area contributed by atoms with Crippen LogP contribution in [0.25, 0.3) is 0 Å². The quantitative estimate of drug-likeness (QED) is 0.455. The van der Waals surface area contributed by atoms with Gasteiger partial charge in [-0.1, -0.05) is 24.3 Å². The Hall–Kier alpha value is -1.12. The molecule has 0 aliphatic heterocycles. The van der Waals surface area contributed by atoms with E-state index in [0.29, 0.717) is 0 Å². The van der Waals surface area contributed by atoms with Crippen LogP contribution in [-0.4, -0.2) is 26.2 Å². The summed E-state index contributed by atoms with van der Waals surface area (Å²) in [6.07, 6.45) is 7.29. The molecule has 2 N–H and O–H groups in total. The lowest BCUT2D eigenvalue weighted by Crippen LogP contribution is -2.11. The third kappa shape index (κ3) is 22.4. The van der Waals surface area contributed by atoms with E-state index < -0.39 is 0 Å². The normalized spacial score (nSPS) is 8.00. The van der Waals surface area contributed by atoms with Crippen molar-refractivity contribution in [2.24, 2.45) is 0 Å². The van der Waals surface area contributed by atoms with Crippen LogP contribution >= 0.6 is 0 Å². The van der Waals surface area contributed by atoms with E-state index in [0.717, 1.165) is 26.2 Å². The predicted octanol–water partition coefficient (Wildman–Crippen LogP) is 1.90. The molecule has 0 aliphatic rings. The maximum absolute atomic E-state index is 3.54. The molecule has 80 valence electrons. The van der Waals surface area contributed by atoms with Gasteiger partial charge in [0.1, 0.15) is 0 Å². The van der Waals surface area contributed by atoms with Gasteiger partial charge in [-0.3, -0.25) is 0 Å². The molecule has 14 heavy (non-hydrogen) atoms. The average Bonchev–Trinajstić information content (AvgIpc) is 2.21. The zero-order valence-electron chi connectivity index (χ0n) is 8.97. The largest absolute Gasteiger partial charge is 0.310 e. The van der Waals surface area contributed by atoms with Crippen molar-refractivity contribution >= 4 is 0 Å². The van der Waals surface area contributed by atoms with Crippen LogP contribution < -0.4 is 10.6 Å². The third-order valence-electron chi connectivity index (χ3n) is 1.15. The highest BCUT2D eigenvalue weighted by Crippen LogP contribution is 1.60. The highest BCUT2D eigenvalue weighted by atomic mass is 14.8. The summed E-state index contributed by atoms with van der Waals surface area (Å²) >= 11 is 0. The second kappa shape index (κ2) is 17.8. The molecule has 0 unspecified atom stereocenters. The SMILES string of the molecule is C=CCNCC=C.C=CCNCC=C. The molecule has 0 bridgehead atoms. The summed E-state index contributed by atoms with van der Waals surface area (Å²) in [6, 6.07) is 0. The zero-order chi connectivity index (χ0) is 11.1. The minimum atomic E-state index is 0.867. The van der Waals surface area contributed by atoms with Gasteiger partial charge in [0.05, 0.1) is 0 Å². The molecule has 0 spiro atoms. The first-order valence-electron chi connectivity index (χ1n) is 4.68. The Labute approximate surface area is 88.1 Å². The van der Waals surface area contributed by atoms with Crippen molar-refractivity contribution in [2.45, 2.75) is 0 Å². The fraction of sp³-hybridized carbons (Fsp3) is 0.333. The molecule has 0 heterocycles. The van der Waals surface area contributed by atoms with Gasteiger partial charge in [0, 0.05) is 26.2 Å². The topological polar surface area (TPSA) is 24.1 Å². The fourth-order valence-corrected chi connectivity index (χ4v) is 0.575. The van der Waals surface area contributed by atoms with Gasteiger partial charge in [-0.05, 0) is 0 Å². The van der Waals surface area contributed by atoms with E-state index >= 15 is 0 Å². The highest BCUT2D eigenvalue weighted by Gasteiger charge is 1.70. The Morgan fingerprint density at radius 1 is 0.571 bits per heavy atom. The lowest BCUT2D eigenvalue weighted by Gasteiger charge is -1.90. The van der Waals surface area contributed by atoms with Crippen molar-refractivity contribution in [1.82, 2.24) is 10.6 Å². The van der Waals surface area contributed by atoms with Crippen molar-refractivity contribution in [1.29, 1.82) is 0 Å². The van der Waals surface area contributed by atoms with E-state index in [4.69, 9.17) is 0 Å². The van der Waals surface area contributed by atoms with E-state index in [2.05, 4.69) is 36.9 Å². The Kier molecular flexibility index (Phi) is 19.6. The van der Waals surface area contributed by atoms with Crippen LogP contribution in [0.2, 0.25) is 0 Å². The van der Waals surface area contributed by atoms with Crippen molar-refractivity contribution in [2.75, 3.05) is 26.2 Å². The molecule has 0 radical (unpaired) electrons. The van der Waals surface area contributed by atoms with Gasteiger partial charge in [0.25, 0.3) is 0 Å². The number of hydrogen-bond acceptors (Lipinski definition) is 2. The second-order valence-electron chi connectivity index (χ2n) is 2.47. The van der Waals surface area contributed by atoms with Crippen LogP contribution in [0.15, 0.2) is 50.6 Å². The average molecular weight is 194 g/mol. The molecule has 0 aromatic rings. The standard InChI is InChI=1S/2C6H11N/c2*1-3-5-7-6-4-2/h2*3-4,7H,1-2,5-6H2. The minimum absolute atomic E-state index is 0.867. The molecule has 0 saturated heterocycles. The summed E-state index contributed by atoms with van der Waals surface area (Å²) in [4.78, 5) is 0. The zero-order valence-corrected chi connectivity index (χ0v) is 8.97. The summed E-state index contributed by atoms with van der Waals surface area (Å²) in [5.41, 5.74) is 0. The first-order chi connectivity index (χ1) is 6.83. The van der Waals surface area contributed by atoms with Crippen LogP contribution in [0, 0.1) is 0 Å². The lowest BCUT2D eigenvalue weighted by atomic mass is 10.5. The van der Waals surface area contributed by atoms with E-state index in [1.807, 2.05) is 24.3 Å². The van der Waals surface area contributed by atoms with Gasteiger partial charge in [0.15, 0.2) is 0 Å². The van der Waals surface area contributed by atoms with E-state index in [9.17, 15) is 0 Å². The molecule has 2 heteroatoms. The summed E-state index contributed by atoms with van der Waals surface area (Å²) in [6.45, 7) is 17.6. The predicted molar refractivity (Wildman–Crippen MR) is 66.5 cm³/mol. The molecule has 0 amide bonds. The maximum Gasteiger partial charge on any atom is 0.0135 e. The first kappa shape index (κ1) is 15.4. The molecule has 0 saturated carbocycles.